The number of allylic oxidation sites excluding steroid dienone is 2. The number of carbonyl (C=O) groups excluding carboxylic acids is 1. The lowest BCUT2D eigenvalue weighted by Gasteiger charge is -2.09. The number of halogens is 3. The Hall–Kier alpha value is -4.13. The monoisotopic (exact) mass is 448 g/mol. The molecular weight excluding hydrogens is 429 g/mol. The number of pyridine rings is 1. The van der Waals surface area contributed by atoms with Gasteiger partial charge in [0.15, 0.2) is 0 Å². The molecular formula is C26H19F3N2O2. The van der Waals surface area contributed by atoms with Gasteiger partial charge in [-0.3, -0.25) is 9.78 Å². The minimum absolute atomic E-state index is 0.349. The molecule has 4 aromatic rings. The Labute approximate surface area is 188 Å². The molecule has 166 valence electrons. The number of nitrogens with one attached hydrogen (secondary N) is 1. The Morgan fingerprint density at radius 2 is 1.82 bits per heavy atom. The first kappa shape index (κ1) is 22.1. The van der Waals surface area contributed by atoms with Gasteiger partial charge in [0, 0.05) is 40.5 Å². The van der Waals surface area contributed by atoms with Crippen LogP contribution in [-0.2, 0) is 11.0 Å². The number of hydrogen-bond donors (Lipinski definition) is 1. The van der Waals surface area contributed by atoms with E-state index < -0.39 is 11.7 Å². The zero-order valence-corrected chi connectivity index (χ0v) is 17.6. The smallest absolute Gasteiger partial charge is 0.416 e. The number of furan rings is 1. The number of nitrogens with zero attached hydrogens (tertiary/aromatic N) is 1. The summed E-state index contributed by atoms with van der Waals surface area (Å²) in [5.41, 5.74) is 1.00. The summed E-state index contributed by atoms with van der Waals surface area (Å²) in [7, 11) is 0. The van der Waals surface area contributed by atoms with E-state index in [-0.39, 0.29) is 5.91 Å². The average molecular weight is 448 g/mol. The van der Waals surface area contributed by atoms with E-state index in [0.717, 1.165) is 22.9 Å². The Kier molecular flexibility index (Phi) is 6.13. The lowest BCUT2D eigenvalue weighted by Crippen LogP contribution is -2.08. The molecule has 4 rings (SSSR count). The third-order valence-corrected chi connectivity index (χ3v) is 4.98. The molecule has 0 bridgehead atoms. The fourth-order valence-corrected chi connectivity index (χ4v) is 3.38. The summed E-state index contributed by atoms with van der Waals surface area (Å²) >= 11 is 0. The normalized spacial score (nSPS) is 12.4. The Morgan fingerprint density at radius 3 is 2.52 bits per heavy atom. The lowest BCUT2D eigenvalue weighted by atomic mass is 10.0. The van der Waals surface area contributed by atoms with Gasteiger partial charge in [0.1, 0.15) is 11.5 Å². The van der Waals surface area contributed by atoms with Crippen LogP contribution < -0.4 is 5.32 Å². The predicted molar refractivity (Wildman–Crippen MR) is 121 cm³/mol. The predicted octanol–water partition coefficient (Wildman–Crippen LogP) is 6.78. The molecule has 2 aromatic heterocycles. The average Bonchev–Trinajstić information content (AvgIpc) is 3.22. The third kappa shape index (κ3) is 5.20. The number of fused-ring (bicyclic) bond motifs is 1. The second-order valence-electron chi connectivity index (χ2n) is 7.32. The summed E-state index contributed by atoms with van der Waals surface area (Å²) in [6.07, 6.45) is 3.46. The van der Waals surface area contributed by atoms with Crippen LogP contribution in [0.4, 0.5) is 18.9 Å². The van der Waals surface area contributed by atoms with E-state index >= 15 is 0 Å². The third-order valence-electron chi connectivity index (χ3n) is 4.98. The van der Waals surface area contributed by atoms with Gasteiger partial charge in [-0.1, -0.05) is 36.4 Å². The number of anilines is 1. The van der Waals surface area contributed by atoms with E-state index in [1.165, 1.54) is 24.3 Å². The van der Waals surface area contributed by atoms with Gasteiger partial charge in [-0.2, -0.15) is 13.2 Å². The summed E-state index contributed by atoms with van der Waals surface area (Å²) in [6, 6.07) is 15.6. The zero-order valence-electron chi connectivity index (χ0n) is 17.6. The summed E-state index contributed by atoms with van der Waals surface area (Å²) in [6.45, 7) is 1.77. The van der Waals surface area contributed by atoms with Gasteiger partial charge in [-0.15, -0.1) is 0 Å². The number of alkyl halides is 3. The molecule has 1 amide bonds. The van der Waals surface area contributed by atoms with Crippen LogP contribution in [-0.4, -0.2) is 10.9 Å². The van der Waals surface area contributed by atoms with Gasteiger partial charge in [-0.05, 0) is 48.9 Å². The molecule has 0 atom stereocenters. The molecule has 0 spiro atoms. The second-order valence-corrected chi connectivity index (χ2v) is 7.32. The van der Waals surface area contributed by atoms with Crippen molar-refractivity contribution in [3.63, 3.8) is 0 Å². The van der Waals surface area contributed by atoms with E-state index in [4.69, 9.17) is 4.42 Å². The molecule has 0 unspecified atom stereocenters. The van der Waals surface area contributed by atoms with Gasteiger partial charge in [0.25, 0.3) is 0 Å². The van der Waals surface area contributed by atoms with Crippen molar-refractivity contribution in [3.05, 3.63) is 114 Å². The lowest BCUT2D eigenvalue weighted by molar-refractivity contribution is -0.137. The largest absolute Gasteiger partial charge is 0.461 e. The number of aryl methyl sites for hydroxylation is 1. The van der Waals surface area contributed by atoms with Gasteiger partial charge in [0.05, 0.1) is 5.56 Å². The molecule has 1 N–H and O–H groups in total. The summed E-state index contributed by atoms with van der Waals surface area (Å²) < 4.78 is 44.4. The maximum absolute atomic E-state index is 12.9. The number of aromatic nitrogens is 1. The topological polar surface area (TPSA) is 55.1 Å². The van der Waals surface area contributed by atoms with Crippen molar-refractivity contribution >= 4 is 27.9 Å². The summed E-state index contributed by atoms with van der Waals surface area (Å²) in [5.74, 6) is 0.798. The van der Waals surface area contributed by atoms with Crippen LogP contribution in [0, 0.1) is 6.92 Å². The van der Waals surface area contributed by atoms with Crippen molar-refractivity contribution in [1.82, 2.24) is 4.98 Å². The Bertz CT molecular complexity index is 1340. The molecule has 2 heterocycles. The van der Waals surface area contributed by atoms with Crippen LogP contribution in [0.5, 0.6) is 0 Å². The molecule has 0 aliphatic carbocycles. The van der Waals surface area contributed by atoms with Gasteiger partial charge < -0.3 is 9.73 Å². The standard InChI is InChI=1S/C26H19F3N2O2/c1-17-8-13-24(33-17)22(18-9-11-20(12-10-18)26(27,28)29)5-3-7-25(32)31-23-6-2-4-19-16-30-15-14-21(19)23/h2-16H,1H3,(H,31,32)/b7-3+,22-5-. The van der Waals surface area contributed by atoms with Crippen molar-refractivity contribution in [2.75, 3.05) is 5.32 Å². The minimum Gasteiger partial charge on any atom is -0.461 e. The fourth-order valence-electron chi connectivity index (χ4n) is 3.38. The molecule has 0 saturated heterocycles. The number of amides is 1. The maximum atomic E-state index is 12.9. The van der Waals surface area contributed by atoms with Gasteiger partial charge >= 0.3 is 6.18 Å². The number of rotatable bonds is 5. The van der Waals surface area contributed by atoms with Gasteiger partial charge in [0.2, 0.25) is 5.91 Å². The minimum atomic E-state index is -4.42. The highest BCUT2D eigenvalue weighted by Gasteiger charge is 2.30. The first-order valence-corrected chi connectivity index (χ1v) is 10.1. The highest BCUT2D eigenvalue weighted by Crippen LogP contribution is 2.32. The van der Waals surface area contributed by atoms with Crippen LogP contribution in [0.1, 0.15) is 22.6 Å². The van der Waals surface area contributed by atoms with Gasteiger partial charge in [-0.25, -0.2) is 0 Å². The Morgan fingerprint density at radius 1 is 1.03 bits per heavy atom. The quantitative estimate of drug-likeness (QED) is 0.270. The van der Waals surface area contributed by atoms with E-state index in [1.807, 2.05) is 18.2 Å². The molecule has 33 heavy (non-hydrogen) atoms. The van der Waals surface area contributed by atoms with Crippen molar-refractivity contribution in [1.29, 1.82) is 0 Å². The molecule has 0 aliphatic heterocycles. The van der Waals surface area contributed by atoms with Crippen molar-refractivity contribution in [2.45, 2.75) is 13.1 Å². The van der Waals surface area contributed by atoms with Crippen molar-refractivity contribution in [3.8, 4) is 0 Å². The highest BCUT2D eigenvalue weighted by atomic mass is 19.4. The number of hydrogen-bond acceptors (Lipinski definition) is 3. The molecule has 0 aliphatic rings. The molecule has 4 nitrogen and oxygen atoms in total. The summed E-state index contributed by atoms with van der Waals surface area (Å²) in [4.78, 5) is 16.6. The van der Waals surface area contributed by atoms with E-state index in [0.29, 0.717) is 28.3 Å². The van der Waals surface area contributed by atoms with Crippen LogP contribution >= 0.6 is 0 Å². The van der Waals surface area contributed by atoms with E-state index in [1.54, 1.807) is 43.6 Å². The fraction of sp³-hybridized carbons (Fsp3) is 0.0769. The molecule has 0 radical (unpaired) electrons. The van der Waals surface area contributed by atoms with Crippen LogP contribution in [0.2, 0.25) is 0 Å². The van der Waals surface area contributed by atoms with Crippen molar-refractivity contribution in [2.24, 2.45) is 0 Å². The van der Waals surface area contributed by atoms with Crippen LogP contribution in [0.25, 0.3) is 16.3 Å². The first-order chi connectivity index (χ1) is 15.8. The summed E-state index contributed by atoms with van der Waals surface area (Å²) in [5, 5.41) is 4.60. The zero-order chi connectivity index (χ0) is 23.4. The Balaban J connectivity index is 1.59. The highest BCUT2D eigenvalue weighted by molar-refractivity contribution is 6.06. The van der Waals surface area contributed by atoms with E-state index in [9.17, 15) is 18.0 Å². The molecule has 7 heteroatoms. The number of benzene rings is 2. The molecule has 2 aromatic carbocycles. The first-order valence-electron chi connectivity index (χ1n) is 10.1. The van der Waals surface area contributed by atoms with E-state index in [2.05, 4.69) is 10.3 Å². The van der Waals surface area contributed by atoms with Crippen LogP contribution in [0.15, 0.2) is 95.7 Å². The molecule has 0 saturated carbocycles. The molecule has 0 fully saturated rings. The van der Waals surface area contributed by atoms with Crippen molar-refractivity contribution < 1.29 is 22.4 Å². The number of carbonyl (C=O) groups is 1. The second kappa shape index (κ2) is 9.16. The maximum Gasteiger partial charge on any atom is 0.416 e. The SMILES string of the molecule is Cc1ccc(/C(=C\C=C\C(=O)Nc2cccc3cnccc23)c2ccc(C(F)(F)F)cc2)o1. The van der Waals surface area contributed by atoms with Crippen LogP contribution in [0.3, 0.4) is 0 Å².